The molecule has 94 valence electrons. The lowest BCUT2D eigenvalue weighted by Crippen LogP contribution is -2.26. The van der Waals surface area contributed by atoms with E-state index in [-0.39, 0.29) is 13.1 Å². The molecule has 2 rings (SSSR count). The van der Waals surface area contributed by atoms with Gasteiger partial charge in [-0.05, 0) is 18.0 Å². The molecule has 1 aromatic carbocycles. The van der Waals surface area contributed by atoms with E-state index in [1.54, 1.807) is 24.4 Å². The van der Waals surface area contributed by atoms with Crippen LogP contribution in [0.1, 0.15) is 11.0 Å². The summed E-state index contributed by atoms with van der Waals surface area (Å²) in [5.41, 5.74) is 1.10. The van der Waals surface area contributed by atoms with E-state index in [2.05, 4.69) is 18.1 Å². The first-order chi connectivity index (χ1) is 10.4. The summed E-state index contributed by atoms with van der Waals surface area (Å²) < 4.78 is 33.5. The summed E-state index contributed by atoms with van der Waals surface area (Å²) in [7, 11) is 0. The van der Waals surface area contributed by atoms with Crippen LogP contribution in [0.25, 0.3) is 10.9 Å². The summed E-state index contributed by atoms with van der Waals surface area (Å²) in [6.45, 7) is 5.51. The Kier molecular flexibility index (Phi) is 2.88. The highest BCUT2D eigenvalue weighted by Gasteiger charge is 2.05. The molecule has 1 heterocycles. The van der Waals surface area contributed by atoms with Crippen molar-refractivity contribution in [1.82, 2.24) is 9.88 Å². The summed E-state index contributed by atoms with van der Waals surface area (Å²) in [5, 5.41) is 0.688. The Hall–Kier alpha value is -1.80. The normalized spacial score (nSPS) is 15.8. The number of nitrogens with zero attached hydrogens (tertiary/aromatic N) is 1. The molecule has 2 aromatic rings. The van der Waals surface area contributed by atoms with Crippen LogP contribution >= 0.6 is 0 Å². The molecule has 0 aliphatic carbocycles. The lowest BCUT2D eigenvalue weighted by Gasteiger charge is -2.18. The maximum Gasteiger partial charge on any atom is 0.0456 e. The predicted molar refractivity (Wildman–Crippen MR) is 78.8 cm³/mol. The fourth-order valence-corrected chi connectivity index (χ4v) is 1.79. The van der Waals surface area contributed by atoms with Crippen molar-refractivity contribution in [3.05, 3.63) is 61.3 Å². The largest absolute Gasteiger partial charge is 0.361 e. The summed E-state index contributed by atoms with van der Waals surface area (Å²) in [6.07, 6.45) is 2.47. The van der Waals surface area contributed by atoms with E-state index in [9.17, 15) is 0 Å². The second kappa shape index (κ2) is 6.22. The minimum Gasteiger partial charge on any atom is -0.361 e. The van der Waals surface area contributed by atoms with E-state index in [1.165, 1.54) is 4.90 Å². The summed E-state index contributed by atoms with van der Waals surface area (Å²) in [4.78, 5) is 4.39. The van der Waals surface area contributed by atoms with E-state index in [0.29, 0.717) is 10.9 Å². The fourth-order valence-electron chi connectivity index (χ4n) is 1.79. The summed E-state index contributed by atoms with van der Waals surface area (Å²) >= 11 is 0. The van der Waals surface area contributed by atoms with Gasteiger partial charge in [-0.1, -0.05) is 30.4 Å². The van der Waals surface area contributed by atoms with Crippen LogP contribution in [0.5, 0.6) is 0 Å². The molecule has 0 radical (unpaired) electrons. The molecule has 0 amide bonds. The molecule has 1 N–H and O–H groups in total. The molecule has 1 aromatic heterocycles. The monoisotopic (exact) mass is 244 g/mol. The van der Waals surface area contributed by atoms with Crippen molar-refractivity contribution in [3.63, 3.8) is 0 Å². The molecule has 2 heteroatoms. The van der Waals surface area contributed by atoms with Gasteiger partial charge < -0.3 is 4.98 Å². The molecule has 0 saturated heterocycles. The molecule has 0 saturated carbocycles. The molecular formula is C16H20N2. The first-order valence-corrected chi connectivity index (χ1v) is 5.89. The maximum atomic E-state index is 8.42. The number of para-hydroxylation sites is 1. The second-order valence-electron chi connectivity index (χ2n) is 3.97. The van der Waals surface area contributed by atoms with Gasteiger partial charge in [0.1, 0.15) is 0 Å². The molecule has 0 aliphatic rings. The Balaban J connectivity index is 2.50. The molecule has 0 atom stereocenters. The maximum absolute atomic E-state index is 8.42. The number of aromatic amines is 1. The Morgan fingerprint density at radius 2 is 1.94 bits per heavy atom. The van der Waals surface area contributed by atoms with Crippen molar-refractivity contribution >= 4 is 10.9 Å². The third-order valence-corrected chi connectivity index (χ3v) is 2.64. The van der Waals surface area contributed by atoms with Crippen LogP contribution in [0.2, 0.25) is 0 Å². The lowest BCUT2D eigenvalue weighted by molar-refractivity contribution is 0.340. The molecule has 18 heavy (non-hydrogen) atoms. The molecule has 0 spiro atoms. The number of H-pyrrole nitrogens is 1. The number of nitrogens with one attached hydrogen (secondary N) is 1. The van der Waals surface area contributed by atoms with Crippen LogP contribution in [0, 0.1) is 0 Å². The van der Waals surface area contributed by atoms with E-state index in [0.717, 1.165) is 5.52 Å². The van der Waals surface area contributed by atoms with Crippen LogP contribution in [-0.2, 0) is 6.37 Å². The average Bonchev–Trinajstić information content (AvgIpc) is 2.91. The first kappa shape index (κ1) is 8.33. The van der Waals surface area contributed by atoms with E-state index in [1.807, 2.05) is 18.2 Å². The van der Waals surface area contributed by atoms with Gasteiger partial charge in [-0.3, -0.25) is 4.90 Å². The number of hydrogen-bond acceptors (Lipinski definition) is 1. The standard InChI is InChI=1S/C16H20N2/c1-3-10-18(11-4-2)12-9-14-13-17-16-8-6-5-7-15(14)16/h3-8,13,17H,1-2,9-12H2/i9D2,12D2. The third-order valence-electron chi connectivity index (χ3n) is 2.64. The molecule has 0 fully saturated rings. The Morgan fingerprint density at radius 1 is 1.22 bits per heavy atom. The van der Waals surface area contributed by atoms with Crippen molar-refractivity contribution in [1.29, 1.82) is 0 Å². The smallest absolute Gasteiger partial charge is 0.0456 e. The van der Waals surface area contributed by atoms with E-state index < -0.39 is 12.9 Å². The SMILES string of the molecule is [2H]C([2H])(c1c[nH]c2ccccc12)C([2H])([2H])N(CC=C)CC=C. The number of rotatable bonds is 7. The van der Waals surface area contributed by atoms with Gasteiger partial charge in [-0.25, -0.2) is 0 Å². The molecule has 0 bridgehead atoms. The van der Waals surface area contributed by atoms with Crippen molar-refractivity contribution in [3.8, 4) is 0 Å². The van der Waals surface area contributed by atoms with Crippen molar-refractivity contribution in [2.75, 3.05) is 19.6 Å². The van der Waals surface area contributed by atoms with Crippen molar-refractivity contribution in [2.45, 2.75) is 6.37 Å². The average molecular weight is 244 g/mol. The first-order valence-electron chi connectivity index (χ1n) is 7.89. The molecular weight excluding hydrogens is 220 g/mol. The van der Waals surface area contributed by atoms with Gasteiger partial charge in [-0.15, -0.1) is 13.2 Å². The van der Waals surface area contributed by atoms with Crippen molar-refractivity contribution < 1.29 is 5.48 Å². The van der Waals surface area contributed by atoms with Gasteiger partial charge in [0.25, 0.3) is 0 Å². The second-order valence-corrected chi connectivity index (χ2v) is 3.97. The Bertz CT molecular complexity index is 666. The van der Waals surface area contributed by atoms with Crippen molar-refractivity contribution in [2.24, 2.45) is 0 Å². The number of benzene rings is 1. The zero-order valence-electron chi connectivity index (χ0n) is 14.3. The lowest BCUT2D eigenvalue weighted by atomic mass is 10.1. The van der Waals surface area contributed by atoms with E-state index in [4.69, 9.17) is 5.48 Å². The molecule has 2 nitrogen and oxygen atoms in total. The minimum absolute atomic E-state index is 0.237. The minimum atomic E-state index is -2.21. The number of aromatic nitrogens is 1. The van der Waals surface area contributed by atoms with Gasteiger partial charge in [0.2, 0.25) is 0 Å². The van der Waals surface area contributed by atoms with Crippen LogP contribution in [-0.4, -0.2) is 29.5 Å². The summed E-state index contributed by atoms with van der Waals surface area (Å²) in [6, 6.07) is 7.31. The predicted octanol–water partition coefficient (Wildman–Crippen LogP) is 3.38. The van der Waals surface area contributed by atoms with Crippen LogP contribution < -0.4 is 0 Å². The van der Waals surface area contributed by atoms with Gasteiger partial charge in [0.15, 0.2) is 0 Å². The highest BCUT2D eigenvalue weighted by molar-refractivity contribution is 5.83. The quantitative estimate of drug-likeness (QED) is 0.740. The zero-order chi connectivity index (χ0) is 16.4. The number of fused-ring (bicyclic) bond motifs is 1. The van der Waals surface area contributed by atoms with Gasteiger partial charge in [0.05, 0.1) is 0 Å². The summed E-state index contributed by atoms with van der Waals surface area (Å²) in [5.74, 6) is 0. The van der Waals surface area contributed by atoms with Crippen LogP contribution in [0.15, 0.2) is 55.8 Å². The van der Waals surface area contributed by atoms with E-state index >= 15 is 0 Å². The number of aryl methyl sites for hydroxylation is 1. The zero-order valence-corrected chi connectivity index (χ0v) is 10.3. The fraction of sp³-hybridized carbons (Fsp3) is 0.250. The molecule has 0 aliphatic heterocycles. The van der Waals surface area contributed by atoms with Crippen LogP contribution in [0.4, 0.5) is 0 Å². The number of hydrogen-bond donors (Lipinski definition) is 1. The Labute approximate surface area is 114 Å². The van der Waals surface area contributed by atoms with Gasteiger partial charge >= 0.3 is 0 Å². The van der Waals surface area contributed by atoms with Gasteiger partial charge in [0, 0.05) is 42.2 Å². The highest BCUT2D eigenvalue weighted by Crippen LogP contribution is 2.18. The molecule has 0 unspecified atom stereocenters. The van der Waals surface area contributed by atoms with Gasteiger partial charge in [-0.2, -0.15) is 0 Å². The topological polar surface area (TPSA) is 19.0 Å². The van der Waals surface area contributed by atoms with Crippen LogP contribution in [0.3, 0.4) is 0 Å². The Morgan fingerprint density at radius 3 is 2.67 bits per heavy atom. The third kappa shape index (κ3) is 2.90. The highest BCUT2D eigenvalue weighted by atomic mass is 15.1.